The van der Waals surface area contributed by atoms with Crippen molar-refractivity contribution in [2.45, 2.75) is 38.1 Å². The molecule has 0 aliphatic heterocycles. The quantitative estimate of drug-likeness (QED) is 0.454. The highest BCUT2D eigenvalue weighted by Gasteiger charge is 2.16. The summed E-state index contributed by atoms with van der Waals surface area (Å²) in [5.41, 5.74) is 2.03. The van der Waals surface area contributed by atoms with E-state index in [-0.39, 0.29) is 23.0 Å². The summed E-state index contributed by atoms with van der Waals surface area (Å²) >= 11 is 11.2. The van der Waals surface area contributed by atoms with Crippen LogP contribution < -0.4 is 16.0 Å². The van der Waals surface area contributed by atoms with Crippen LogP contribution in [0.3, 0.4) is 0 Å². The molecule has 2 aromatic carbocycles. The van der Waals surface area contributed by atoms with Gasteiger partial charge in [-0.2, -0.15) is 0 Å². The van der Waals surface area contributed by atoms with Crippen molar-refractivity contribution < 1.29 is 9.59 Å². The van der Waals surface area contributed by atoms with E-state index in [0.29, 0.717) is 16.3 Å². The molecular weight excluding hydrogens is 418 g/mol. The summed E-state index contributed by atoms with van der Waals surface area (Å²) in [6, 6.07) is 14.5. The maximum absolute atomic E-state index is 12.4. The van der Waals surface area contributed by atoms with E-state index in [0.717, 1.165) is 18.4 Å². The van der Waals surface area contributed by atoms with Crippen molar-refractivity contribution in [2.24, 2.45) is 0 Å². The van der Waals surface area contributed by atoms with E-state index in [1.54, 1.807) is 36.4 Å². The Morgan fingerprint density at radius 2 is 1.70 bits per heavy atom. The van der Waals surface area contributed by atoms with Gasteiger partial charge in [0.1, 0.15) is 0 Å². The highest BCUT2D eigenvalue weighted by molar-refractivity contribution is 7.80. The average molecular weight is 442 g/mol. The fraction of sp³-hybridized carbons (Fsp3) is 0.261. The van der Waals surface area contributed by atoms with Crippen LogP contribution in [0.1, 0.15) is 48.0 Å². The average Bonchev–Trinajstić information content (AvgIpc) is 2.74. The van der Waals surface area contributed by atoms with Gasteiger partial charge in [0.15, 0.2) is 5.11 Å². The van der Waals surface area contributed by atoms with Crippen LogP contribution in [0.4, 0.5) is 5.69 Å². The molecule has 5 nitrogen and oxygen atoms in total. The first-order chi connectivity index (χ1) is 14.5. The number of rotatable bonds is 5. The van der Waals surface area contributed by atoms with E-state index in [2.05, 4.69) is 16.0 Å². The zero-order chi connectivity index (χ0) is 21.3. The smallest absolute Gasteiger partial charge is 0.251 e. The summed E-state index contributed by atoms with van der Waals surface area (Å²) < 4.78 is 0. The van der Waals surface area contributed by atoms with Crippen molar-refractivity contribution in [2.75, 3.05) is 5.32 Å². The molecule has 0 radical (unpaired) electrons. The molecule has 1 aliphatic rings. The Labute approximate surface area is 186 Å². The maximum atomic E-state index is 12.4. The molecule has 0 bridgehead atoms. The molecule has 1 fully saturated rings. The summed E-state index contributed by atoms with van der Waals surface area (Å²) in [5, 5.41) is 9.35. The van der Waals surface area contributed by atoms with E-state index >= 15 is 0 Å². The molecule has 0 spiro atoms. The van der Waals surface area contributed by atoms with Crippen LogP contribution in [0.25, 0.3) is 6.08 Å². The highest BCUT2D eigenvalue weighted by atomic mass is 35.5. The Morgan fingerprint density at radius 3 is 2.40 bits per heavy atom. The minimum atomic E-state index is -0.365. The number of amides is 2. The summed E-state index contributed by atoms with van der Waals surface area (Å²) in [6.45, 7) is 0. The second-order valence-electron chi connectivity index (χ2n) is 7.18. The molecule has 1 saturated carbocycles. The molecule has 3 N–H and O–H groups in total. The fourth-order valence-corrected chi connectivity index (χ4v) is 3.73. The lowest BCUT2D eigenvalue weighted by Gasteiger charge is -2.22. The van der Waals surface area contributed by atoms with Crippen LogP contribution >= 0.6 is 23.8 Å². The van der Waals surface area contributed by atoms with Crippen molar-refractivity contribution in [3.05, 3.63) is 70.8 Å². The predicted molar refractivity (Wildman–Crippen MR) is 126 cm³/mol. The second-order valence-corrected chi connectivity index (χ2v) is 8.00. The van der Waals surface area contributed by atoms with Crippen molar-refractivity contribution in [1.29, 1.82) is 0 Å². The zero-order valence-electron chi connectivity index (χ0n) is 16.5. The Balaban J connectivity index is 1.48. The van der Waals surface area contributed by atoms with Crippen LogP contribution in [0.2, 0.25) is 5.02 Å². The Hall–Kier alpha value is -2.70. The van der Waals surface area contributed by atoms with Gasteiger partial charge < -0.3 is 10.6 Å². The van der Waals surface area contributed by atoms with Gasteiger partial charge in [0, 0.05) is 28.4 Å². The van der Waals surface area contributed by atoms with Crippen LogP contribution in [-0.2, 0) is 4.79 Å². The summed E-state index contributed by atoms with van der Waals surface area (Å²) in [7, 11) is 0. The number of halogens is 1. The van der Waals surface area contributed by atoms with Gasteiger partial charge in [-0.15, -0.1) is 0 Å². The molecule has 0 heterocycles. The molecular formula is C23H24ClN3O2S. The third kappa shape index (κ3) is 6.68. The molecule has 0 aromatic heterocycles. The van der Waals surface area contributed by atoms with Crippen molar-refractivity contribution in [3.63, 3.8) is 0 Å². The van der Waals surface area contributed by atoms with E-state index < -0.39 is 0 Å². The first kappa shape index (κ1) is 22.0. The molecule has 0 unspecified atom stereocenters. The Kier molecular flexibility index (Phi) is 7.99. The van der Waals surface area contributed by atoms with E-state index in [4.69, 9.17) is 23.8 Å². The van der Waals surface area contributed by atoms with Gasteiger partial charge in [0.25, 0.3) is 5.91 Å². The molecule has 30 heavy (non-hydrogen) atoms. The van der Waals surface area contributed by atoms with Gasteiger partial charge in [0.05, 0.1) is 0 Å². The maximum Gasteiger partial charge on any atom is 0.251 e. The number of anilines is 1. The largest absolute Gasteiger partial charge is 0.349 e. The van der Waals surface area contributed by atoms with Gasteiger partial charge in [-0.3, -0.25) is 14.9 Å². The SMILES string of the molecule is O=C(/C=C/c1ccccc1Cl)NC(=S)Nc1ccc(C(=O)NC2CCCCC2)cc1. The minimum Gasteiger partial charge on any atom is -0.349 e. The normalized spacial score (nSPS) is 14.3. The van der Waals surface area contributed by atoms with Gasteiger partial charge in [-0.1, -0.05) is 49.1 Å². The van der Waals surface area contributed by atoms with Crippen molar-refractivity contribution in [3.8, 4) is 0 Å². The van der Waals surface area contributed by atoms with Crippen molar-refractivity contribution in [1.82, 2.24) is 10.6 Å². The number of nitrogens with one attached hydrogen (secondary N) is 3. The third-order valence-electron chi connectivity index (χ3n) is 4.90. The van der Waals surface area contributed by atoms with E-state index in [1.807, 2.05) is 18.2 Å². The molecule has 156 valence electrons. The zero-order valence-corrected chi connectivity index (χ0v) is 18.1. The number of hydrogen-bond donors (Lipinski definition) is 3. The second kappa shape index (κ2) is 10.9. The topological polar surface area (TPSA) is 70.2 Å². The number of hydrogen-bond acceptors (Lipinski definition) is 3. The lowest BCUT2D eigenvalue weighted by molar-refractivity contribution is -0.115. The van der Waals surface area contributed by atoms with Crippen molar-refractivity contribution >= 4 is 52.5 Å². The predicted octanol–water partition coefficient (Wildman–Crippen LogP) is 4.93. The van der Waals surface area contributed by atoms with Gasteiger partial charge in [-0.05, 0) is 67.0 Å². The third-order valence-corrected chi connectivity index (χ3v) is 5.45. The standard InChI is InChI=1S/C23H24ClN3O2S/c24-20-9-5-4-6-16(20)12-15-21(28)27-23(30)26-19-13-10-17(11-14-19)22(29)25-18-7-2-1-3-8-18/h4-6,9-15,18H,1-3,7-8H2,(H,25,29)(H2,26,27,28,30)/b15-12+. The number of carbonyl (C=O) groups is 2. The van der Waals surface area contributed by atoms with E-state index in [1.165, 1.54) is 25.3 Å². The molecule has 0 saturated heterocycles. The minimum absolute atomic E-state index is 0.0611. The first-order valence-electron chi connectivity index (χ1n) is 9.97. The van der Waals surface area contributed by atoms with Crippen LogP contribution in [0, 0.1) is 0 Å². The van der Waals surface area contributed by atoms with Crippen LogP contribution in [0.5, 0.6) is 0 Å². The van der Waals surface area contributed by atoms with Crippen LogP contribution in [-0.4, -0.2) is 23.0 Å². The Morgan fingerprint density at radius 1 is 1.00 bits per heavy atom. The summed E-state index contributed by atoms with van der Waals surface area (Å²) in [4.78, 5) is 24.4. The molecule has 0 atom stereocenters. The summed E-state index contributed by atoms with van der Waals surface area (Å²) in [5.74, 6) is -0.426. The Bertz CT molecular complexity index is 938. The fourth-order valence-electron chi connectivity index (χ4n) is 3.31. The van der Waals surface area contributed by atoms with Gasteiger partial charge in [-0.25, -0.2) is 0 Å². The summed E-state index contributed by atoms with van der Waals surface area (Å²) in [6.07, 6.45) is 8.68. The van der Waals surface area contributed by atoms with E-state index in [9.17, 15) is 9.59 Å². The first-order valence-corrected chi connectivity index (χ1v) is 10.8. The van der Waals surface area contributed by atoms with Gasteiger partial charge in [0.2, 0.25) is 5.91 Å². The highest BCUT2D eigenvalue weighted by Crippen LogP contribution is 2.18. The molecule has 1 aliphatic carbocycles. The number of thiocarbonyl (C=S) groups is 1. The van der Waals surface area contributed by atoms with Gasteiger partial charge >= 0.3 is 0 Å². The molecule has 2 amide bonds. The lowest BCUT2D eigenvalue weighted by atomic mass is 9.95. The number of benzene rings is 2. The molecule has 3 rings (SSSR count). The molecule has 2 aromatic rings. The monoisotopic (exact) mass is 441 g/mol. The number of carbonyl (C=O) groups excluding carboxylic acids is 2. The van der Waals surface area contributed by atoms with Crippen LogP contribution in [0.15, 0.2) is 54.6 Å². The lowest BCUT2D eigenvalue weighted by Crippen LogP contribution is -2.36. The molecule has 7 heteroatoms.